The molecule has 0 unspecified atom stereocenters. The number of benzene rings is 1. The Morgan fingerprint density at radius 3 is 2.75 bits per heavy atom. The highest BCUT2D eigenvalue weighted by atomic mass is 16.5. The van der Waals surface area contributed by atoms with E-state index in [1.165, 1.54) is 0 Å². The highest BCUT2D eigenvalue weighted by Gasteiger charge is 2.35. The molecule has 1 heterocycles. The van der Waals surface area contributed by atoms with Gasteiger partial charge in [-0.05, 0) is 36.6 Å². The number of ether oxygens (including phenoxy) is 1. The molecule has 1 aliphatic heterocycles. The summed E-state index contributed by atoms with van der Waals surface area (Å²) in [5, 5.41) is 27.2. The summed E-state index contributed by atoms with van der Waals surface area (Å²) >= 11 is 0. The van der Waals surface area contributed by atoms with Crippen LogP contribution in [0.4, 0.5) is 0 Å². The average Bonchev–Trinajstić information content (AvgIpc) is 2.37. The van der Waals surface area contributed by atoms with Crippen LogP contribution in [0, 0.1) is 11.3 Å². The average molecular weight is 219 g/mol. The normalized spacial score (nSPS) is 17.1. The second-order valence-corrected chi connectivity index (χ2v) is 4.04. The van der Waals surface area contributed by atoms with Crippen molar-refractivity contribution in [3.63, 3.8) is 0 Å². The van der Waals surface area contributed by atoms with Crippen LogP contribution in [0.2, 0.25) is 0 Å². The third-order valence-electron chi connectivity index (χ3n) is 2.94. The van der Waals surface area contributed by atoms with Crippen molar-refractivity contribution in [1.82, 2.24) is 0 Å². The predicted octanol–water partition coefficient (Wildman–Crippen LogP) is 0.607. The Morgan fingerprint density at radius 1 is 1.38 bits per heavy atom. The number of aryl methyl sites for hydroxylation is 1. The van der Waals surface area contributed by atoms with Gasteiger partial charge in [0, 0.05) is 0 Å². The number of nitrogens with zero attached hydrogens (tertiary/aromatic N) is 1. The van der Waals surface area contributed by atoms with E-state index in [0.717, 1.165) is 5.56 Å². The van der Waals surface area contributed by atoms with Gasteiger partial charge in [0.1, 0.15) is 5.75 Å². The van der Waals surface area contributed by atoms with E-state index in [2.05, 4.69) is 6.07 Å². The van der Waals surface area contributed by atoms with E-state index in [4.69, 9.17) is 10.00 Å². The van der Waals surface area contributed by atoms with Gasteiger partial charge in [-0.2, -0.15) is 5.26 Å². The first-order chi connectivity index (χ1) is 7.73. The molecule has 2 N–H and O–H groups in total. The van der Waals surface area contributed by atoms with E-state index in [9.17, 15) is 10.2 Å². The maximum Gasteiger partial charge on any atom is 0.155 e. The van der Waals surface area contributed by atoms with E-state index in [0.29, 0.717) is 24.2 Å². The molecule has 0 amide bonds. The zero-order valence-corrected chi connectivity index (χ0v) is 8.81. The Labute approximate surface area is 93.7 Å². The fourth-order valence-corrected chi connectivity index (χ4v) is 1.86. The number of nitriles is 1. The largest absolute Gasteiger partial charge is 0.482 e. The van der Waals surface area contributed by atoms with Crippen LogP contribution in [0.25, 0.3) is 0 Å². The molecule has 0 aliphatic carbocycles. The second kappa shape index (κ2) is 4.12. The van der Waals surface area contributed by atoms with Crippen molar-refractivity contribution in [3.05, 3.63) is 29.3 Å². The van der Waals surface area contributed by atoms with Crippen LogP contribution in [0.5, 0.6) is 5.75 Å². The van der Waals surface area contributed by atoms with E-state index >= 15 is 0 Å². The fraction of sp³-hybridized carbons (Fsp3) is 0.417. The van der Waals surface area contributed by atoms with E-state index in [-0.39, 0.29) is 13.2 Å². The van der Waals surface area contributed by atoms with Crippen molar-refractivity contribution in [3.8, 4) is 11.8 Å². The van der Waals surface area contributed by atoms with Gasteiger partial charge in [0.05, 0.1) is 24.8 Å². The van der Waals surface area contributed by atoms with Crippen molar-refractivity contribution in [2.24, 2.45) is 0 Å². The van der Waals surface area contributed by atoms with Crippen molar-refractivity contribution in [1.29, 1.82) is 5.26 Å². The number of hydrogen-bond donors (Lipinski definition) is 2. The molecular weight excluding hydrogens is 206 g/mol. The second-order valence-electron chi connectivity index (χ2n) is 4.04. The molecule has 0 bridgehead atoms. The van der Waals surface area contributed by atoms with Crippen LogP contribution in [-0.4, -0.2) is 29.0 Å². The Balaban J connectivity index is 2.32. The third kappa shape index (κ3) is 1.75. The Bertz CT molecular complexity index is 432. The van der Waals surface area contributed by atoms with Crippen molar-refractivity contribution >= 4 is 0 Å². The molecule has 0 atom stereocenters. The van der Waals surface area contributed by atoms with Gasteiger partial charge in [-0.25, -0.2) is 0 Å². The smallest absolute Gasteiger partial charge is 0.155 e. The van der Waals surface area contributed by atoms with E-state index in [1.54, 1.807) is 18.2 Å². The molecule has 2 rings (SSSR count). The minimum atomic E-state index is -0.874. The topological polar surface area (TPSA) is 73.5 Å². The van der Waals surface area contributed by atoms with Crippen molar-refractivity contribution in [2.75, 3.05) is 13.2 Å². The Kier molecular flexibility index (Phi) is 2.82. The molecule has 4 heteroatoms. The molecule has 1 aromatic rings. The number of aliphatic hydroxyl groups excluding tert-OH is 2. The van der Waals surface area contributed by atoms with Gasteiger partial charge in [0.25, 0.3) is 0 Å². The van der Waals surface area contributed by atoms with Crippen molar-refractivity contribution in [2.45, 2.75) is 18.4 Å². The summed E-state index contributed by atoms with van der Waals surface area (Å²) in [7, 11) is 0. The zero-order valence-electron chi connectivity index (χ0n) is 8.81. The fourth-order valence-electron chi connectivity index (χ4n) is 1.86. The molecule has 0 fully saturated rings. The SMILES string of the molecule is N#Cc1ccc2c(c1)CCC(CO)(CO)O2. The van der Waals surface area contributed by atoms with Gasteiger partial charge in [-0.15, -0.1) is 0 Å². The molecule has 84 valence electrons. The summed E-state index contributed by atoms with van der Waals surface area (Å²) < 4.78 is 5.61. The maximum absolute atomic E-state index is 9.23. The molecule has 0 aromatic heterocycles. The molecule has 16 heavy (non-hydrogen) atoms. The molecule has 1 aliphatic rings. The van der Waals surface area contributed by atoms with Gasteiger partial charge >= 0.3 is 0 Å². The van der Waals surface area contributed by atoms with Gasteiger partial charge < -0.3 is 14.9 Å². The summed E-state index contributed by atoms with van der Waals surface area (Å²) in [5.74, 6) is 0.647. The van der Waals surface area contributed by atoms with Gasteiger partial charge in [-0.1, -0.05) is 0 Å². The monoisotopic (exact) mass is 219 g/mol. The molecule has 4 nitrogen and oxygen atoms in total. The molecule has 0 saturated heterocycles. The number of hydrogen-bond acceptors (Lipinski definition) is 4. The van der Waals surface area contributed by atoms with Crippen LogP contribution in [-0.2, 0) is 6.42 Å². The number of aliphatic hydroxyl groups is 2. The number of rotatable bonds is 2. The molecular formula is C12H13NO3. The zero-order chi connectivity index (χ0) is 11.6. The lowest BCUT2D eigenvalue weighted by atomic mass is 9.91. The quantitative estimate of drug-likeness (QED) is 0.764. The van der Waals surface area contributed by atoms with Crippen LogP contribution in [0.1, 0.15) is 17.5 Å². The first-order valence-electron chi connectivity index (χ1n) is 5.17. The highest BCUT2D eigenvalue weighted by Crippen LogP contribution is 2.33. The summed E-state index contributed by atoms with van der Waals surface area (Å²) in [5.41, 5.74) is 0.681. The third-order valence-corrected chi connectivity index (χ3v) is 2.94. The lowest BCUT2D eigenvalue weighted by molar-refractivity contribution is -0.0474. The molecule has 0 radical (unpaired) electrons. The standard InChI is InChI=1S/C12H13NO3/c13-6-9-1-2-11-10(5-9)3-4-12(7-14,8-15)16-11/h1-2,5,14-15H,3-4,7-8H2. The first-order valence-corrected chi connectivity index (χ1v) is 5.17. The van der Waals surface area contributed by atoms with E-state index < -0.39 is 5.60 Å². The summed E-state index contributed by atoms with van der Waals surface area (Å²) in [6.07, 6.45) is 1.26. The summed E-state index contributed by atoms with van der Waals surface area (Å²) in [6, 6.07) is 7.24. The van der Waals surface area contributed by atoms with Gasteiger partial charge in [0.2, 0.25) is 0 Å². The van der Waals surface area contributed by atoms with Gasteiger partial charge in [0.15, 0.2) is 5.60 Å². The van der Waals surface area contributed by atoms with Crippen LogP contribution in [0.15, 0.2) is 18.2 Å². The molecule has 0 saturated carbocycles. The van der Waals surface area contributed by atoms with Crippen LogP contribution in [0.3, 0.4) is 0 Å². The Hall–Kier alpha value is -1.57. The Morgan fingerprint density at radius 2 is 2.12 bits per heavy atom. The summed E-state index contributed by atoms with van der Waals surface area (Å²) in [4.78, 5) is 0. The minimum absolute atomic E-state index is 0.205. The van der Waals surface area contributed by atoms with Gasteiger partial charge in [-0.3, -0.25) is 0 Å². The maximum atomic E-state index is 9.23. The van der Waals surface area contributed by atoms with Crippen molar-refractivity contribution < 1.29 is 14.9 Å². The highest BCUT2D eigenvalue weighted by molar-refractivity contribution is 5.43. The predicted molar refractivity (Wildman–Crippen MR) is 57.0 cm³/mol. The summed E-state index contributed by atoms with van der Waals surface area (Å²) in [6.45, 7) is -0.411. The molecule has 1 aromatic carbocycles. The molecule has 0 spiro atoms. The first kappa shape index (κ1) is 10.9. The number of fused-ring (bicyclic) bond motifs is 1. The lowest BCUT2D eigenvalue weighted by Gasteiger charge is -2.35. The van der Waals surface area contributed by atoms with E-state index in [1.807, 2.05) is 0 Å². The minimum Gasteiger partial charge on any atom is -0.482 e. The lowest BCUT2D eigenvalue weighted by Crippen LogP contribution is -2.46. The van der Waals surface area contributed by atoms with Crippen LogP contribution >= 0.6 is 0 Å². The van der Waals surface area contributed by atoms with Crippen LogP contribution < -0.4 is 4.74 Å².